The standard InChI is InChI=1S/C21H21N3O5/c1-2-23(17-6-4-3-5-7-17)19(26)14-29-20(27)16-10-8-15(9-11-16)13-24-18(25)12-22-21(24)28/h3-11H,2,12-14H2,1H3,(H,22,28). The number of benzene rings is 2. The van der Waals surface area contributed by atoms with E-state index in [9.17, 15) is 19.2 Å². The third-order valence-corrected chi connectivity index (χ3v) is 4.48. The molecule has 0 aromatic heterocycles. The van der Waals surface area contributed by atoms with Gasteiger partial charge < -0.3 is 15.0 Å². The lowest BCUT2D eigenvalue weighted by Gasteiger charge is -2.20. The number of nitrogens with zero attached hydrogens (tertiary/aromatic N) is 2. The highest BCUT2D eigenvalue weighted by Crippen LogP contribution is 2.14. The van der Waals surface area contributed by atoms with Crippen molar-refractivity contribution in [2.24, 2.45) is 0 Å². The van der Waals surface area contributed by atoms with Crippen molar-refractivity contribution in [1.82, 2.24) is 10.2 Å². The lowest BCUT2D eigenvalue weighted by Crippen LogP contribution is -2.34. The number of anilines is 1. The number of hydrogen-bond donors (Lipinski definition) is 1. The quantitative estimate of drug-likeness (QED) is 0.571. The predicted molar refractivity (Wildman–Crippen MR) is 105 cm³/mol. The van der Waals surface area contributed by atoms with Crippen molar-refractivity contribution in [2.75, 3.05) is 24.6 Å². The monoisotopic (exact) mass is 395 g/mol. The highest BCUT2D eigenvalue weighted by atomic mass is 16.5. The zero-order valence-corrected chi connectivity index (χ0v) is 16.0. The normalized spacial score (nSPS) is 13.2. The summed E-state index contributed by atoms with van der Waals surface area (Å²) < 4.78 is 5.14. The number of urea groups is 1. The van der Waals surface area contributed by atoms with Crippen molar-refractivity contribution in [1.29, 1.82) is 0 Å². The Kier molecular flexibility index (Phi) is 6.23. The van der Waals surface area contributed by atoms with E-state index in [1.807, 2.05) is 37.3 Å². The molecule has 4 amide bonds. The smallest absolute Gasteiger partial charge is 0.338 e. The molecule has 8 nitrogen and oxygen atoms in total. The Morgan fingerprint density at radius 2 is 1.76 bits per heavy atom. The minimum atomic E-state index is -0.621. The van der Waals surface area contributed by atoms with Gasteiger partial charge in [0.1, 0.15) is 0 Å². The van der Waals surface area contributed by atoms with Gasteiger partial charge in [-0.3, -0.25) is 14.5 Å². The van der Waals surface area contributed by atoms with E-state index in [0.717, 1.165) is 10.6 Å². The molecule has 8 heteroatoms. The molecule has 2 aromatic rings. The zero-order chi connectivity index (χ0) is 20.8. The summed E-state index contributed by atoms with van der Waals surface area (Å²) in [7, 11) is 0. The van der Waals surface area contributed by atoms with E-state index in [-0.39, 0.29) is 37.1 Å². The second-order valence-electron chi connectivity index (χ2n) is 6.39. The van der Waals surface area contributed by atoms with Crippen molar-refractivity contribution in [3.8, 4) is 0 Å². The molecule has 0 saturated carbocycles. The van der Waals surface area contributed by atoms with Gasteiger partial charge in [-0.2, -0.15) is 0 Å². The summed E-state index contributed by atoms with van der Waals surface area (Å²) in [5, 5.41) is 2.45. The van der Waals surface area contributed by atoms with Crippen LogP contribution in [0.4, 0.5) is 10.5 Å². The van der Waals surface area contributed by atoms with Gasteiger partial charge in [0.2, 0.25) is 5.91 Å². The van der Waals surface area contributed by atoms with Gasteiger partial charge in [0.15, 0.2) is 6.61 Å². The van der Waals surface area contributed by atoms with E-state index in [1.54, 1.807) is 12.1 Å². The molecule has 0 radical (unpaired) electrons. The molecule has 2 aromatic carbocycles. The lowest BCUT2D eigenvalue weighted by molar-refractivity contribution is -0.125. The van der Waals surface area contributed by atoms with Gasteiger partial charge in [0.05, 0.1) is 18.7 Å². The fourth-order valence-corrected chi connectivity index (χ4v) is 2.94. The summed E-state index contributed by atoms with van der Waals surface area (Å²) in [6.07, 6.45) is 0. The summed E-state index contributed by atoms with van der Waals surface area (Å²) in [6.45, 7) is 2.05. The van der Waals surface area contributed by atoms with Crippen LogP contribution in [-0.4, -0.2) is 48.4 Å². The molecule has 1 aliphatic rings. The Morgan fingerprint density at radius 1 is 1.07 bits per heavy atom. The van der Waals surface area contributed by atoms with E-state index >= 15 is 0 Å². The fourth-order valence-electron chi connectivity index (χ4n) is 2.94. The van der Waals surface area contributed by atoms with Crippen LogP contribution < -0.4 is 10.2 Å². The number of imide groups is 1. The summed E-state index contributed by atoms with van der Waals surface area (Å²) in [5.74, 6) is -1.23. The van der Waals surface area contributed by atoms with Gasteiger partial charge in [-0.15, -0.1) is 0 Å². The van der Waals surface area contributed by atoms with Crippen LogP contribution in [0.2, 0.25) is 0 Å². The SMILES string of the molecule is CCN(C(=O)COC(=O)c1ccc(CN2C(=O)CNC2=O)cc1)c1ccccc1. The van der Waals surface area contributed by atoms with E-state index in [2.05, 4.69) is 5.32 Å². The van der Waals surface area contributed by atoms with Gasteiger partial charge in [-0.1, -0.05) is 30.3 Å². The second-order valence-corrected chi connectivity index (χ2v) is 6.39. The molecule has 0 aliphatic carbocycles. The number of para-hydroxylation sites is 1. The molecule has 1 saturated heterocycles. The second kappa shape index (κ2) is 9.01. The Hall–Kier alpha value is -3.68. The van der Waals surface area contributed by atoms with E-state index in [4.69, 9.17) is 4.74 Å². The maximum atomic E-state index is 12.4. The molecule has 0 bridgehead atoms. The molecule has 29 heavy (non-hydrogen) atoms. The molecule has 150 valence electrons. The Morgan fingerprint density at radius 3 is 2.34 bits per heavy atom. The number of carbonyl (C=O) groups is 4. The molecule has 1 heterocycles. The van der Waals surface area contributed by atoms with Crippen LogP contribution in [0.15, 0.2) is 54.6 Å². The van der Waals surface area contributed by atoms with E-state index in [0.29, 0.717) is 12.1 Å². The highest BCUT2D eigenvalue weighted by molar-refractivity contribution is 6.02. The number of nitrogens with one attached hydrogen (secondary N) is 1. The van der Waals surface area contributed by atoms with E-state index in [1.165, 1.54) is 17.0 Å². The van der Waals surface area contributed by atoms with Crippen molar-refractivity contribution < 1.29 is 23.9 Å². The number of likely N-dealkylation sites (N-methyl/N-ethyl adjacent to an activating group) is 1. The van der Waals surface area contributed by atoms with Crippen LogP contribution in [0.25, 0.3) is 0 Å². The van der Waals surface area contributed by atoms with Gasteiger partial charge >= 0.3 is 12.0 Å². The van der Waals surface area contributed by atoms with Crippen LogP contribution in [0, 0.1) is 0 Å². The maximum absolute atomic E-state index is 12.4. The van der Waals surface area contributed by atoms with E-state index < -0.39 is 12.0 Å². The number of amides is 4. The van der Waals surface area contributed by atoms with Gasteiger partial charge in [0.25, 0.3) is 5.91 Å². The molecule has 1 aliphatic heterocycles. The number of carbonyl (C=O) groups excluding carboxylic acids is 4. The summed E-state index contributed by atoms with van der Waals surface area (Å²) in [5.41, 5.74) is 1.71. The molecule has 1 N–H and O–H groups in total. The van der Waals surface area contributed by atoms with Crippen LogP contribution in [0.5, 0.6) is 0 Å². The fraction of sp³-hybridized carbons (Fsp3) is 0.238. The molecule has 1 fully saturated rings. The first kappa shape index (κ1) is 20.1. The number of ether oxygens (including phenoxy) is 1. The Balaban J connectivity index is 1.56. The molecule has 0 atom stereocenters. The minimum absolute atomic E-state index is 0.00493. The van der Waals surface area contributed by atoms with Crippen LogP contribution in [0.1, 0.15) is 22.8 Å². The Labute approximate surface area is 168 Å². The van der Waals surface area contributed by atoms with Crippen LogP contribution in [-0.2, 0) is 20.9 Å². The van der Waals surface area contributed by atoms with Crippen molar-refractivity contribution in [3.63, 3.8) is 0 Å². The lowest BCUT2D eigenvalue weighted by atomic mass is 10.1. The average molecular weight is 395 g/mol. The average Bonchev–Trinajstić information content (AvgIpc) is 3.06. The molecule has 3 rings (SSSR count). The summed E-state index contributed by atoms with van der Waals surface area (Å²) >= 11 is 0. The number of hydrogen-bond acceptors (Lipinski definition) is 5. The van der Waals surface area contributed by atoms with Crippen molar-refractivity contribution in [2.45, 2.75) is 13.5 Å². The van der Waals surface area contributed by atoms with Gasteiger partial charge in [-0.05, 0) is 36.8 Å². The van der Waals surface area contributed by atoms with Crippen LogP contribution in [0.3, 0.4) is 0 Å². The number of rotatable bonds is 7. The zero-order valence-electron chi connectivity index (χ0n) is 16.0. The van der Waals surface area contributed by atoms with Gasteiger partial charge in [0, 0.05) is 12.2 Å². The predicted octanol–water partition coefficient (Wildman–Crippen LogP) is 1.95. The third kappa shape index (κ3) is 4.78. The first-order chi connectivity index (χ1) is 14.0. The minimum Gasteiger partial charge on any atom is -0.452 e. The molecular formula is C21H21N3O5. The van der Waals surface area contributed by atoms with Gasteiger partial charge in [-0.25, -0.2) is 9.59 Å². The summed E-state index contributed by atoms with van der Waals surface area (Å²) in [6, 6.07) is 15.1. The first-order valence-electron chi connectivity index (χ1n) is 9.19. The molecule has 0 unspecified atom stereocenters. The highest BCUT2D eigenvalue weighted by Gasteiger charge is 2.28. The first-order valence-corrected chi connectivity index (χ1v) is 9.19. The molecular weight excluding hydrogens is 374 g/mol. The molecule has 0 spiro atoms. The van der Waals surface area contributed by atoms with Crippen molar-refractivity contribution >= 4 is 29.5 Å². The number of esters is 1. The largest absolute Gasteiger partial charge is 0.452 e. The topological polar surface area (TPSA) is 96.0 Å². The third-order valence-electron chi connectivity index (χ3n) is 4.48. The van der Waals surface area contributed by atoms with Crippen molar-refractivity contribution in [3.05, 3.63) is 65.7 Å². The maximum Gasteiger partial charge on any atom is 0.338 e. The Bertz CT molecular complexity index is 896. The van der Waals surface area contributed by atoms with Crippen LogP contribution >= 0.6 is 0 Å². The summed E-state index contributed by atoms with van der Waals surface area (Å²) in [4.78, 5) is 50.5.